The normalized spacial score (nSPS) is 17.4. The molecule has 1 amide bonds. The van der Waals surface area contributed by atoms with Gasteiger partial charge in [0.15, 0.2) is 0 Å². The maximum Gasteiger partial charge on any atom is 0.264 e. The second-order valence-electron chi connectivity index (χ2n) is 6.83. The van der Waals surface area contributed by atoms with Crippen molar-refractivity contribution in [3.8, 4) is 0 Å². The van der Waals surface area contributed by atoms with Gasteiger partial charge in [-0.15, -0.1) is 0 Å². The summed E-state index contributed by atoms with van der Waals surface area (Å²) < 4.78 is 1.05. The van der Waals surface area contributed by atoms with E-state index >= 15 is 0 Å². The number of carbonyl (C=O) groups excluding carboxylic acids is 1. The standard InChI is InChI=1S/C22H22N4OS/c1-3-9-18-20(15(2)23-14-16-10-5-4-6-11-16)21(27)26(25-18)22-24-17-12-7-8-13-19(17)28-22/h4-8,10-13,20H,3,9,14H2,1-2H3/t20-/m0/s1. The molecule has 4 rings (SSSR count). The second kappa shape index (κ2) is 8.02. The Labute approximate surface area is 168 Å². The van der Waals surface area contributed by atoms with Crippen molar-refractivity contribution in [1.82, 2.24) is 4.98 Å². The fourth-order valence-electron chi connectivity index (χ4n) is 3.35. The summed E-state index contributed by atoms with van der Waals surface area (Å²) in [5, 5.41) is 6.75. The Kier molecular flexibility index (Phi) is 5.30. The van der Waals surface area contributed by atoms with E-state index in [1.165, 1.54) is 16.3 Å². The lowest BCUT2D eigenvalue weighted by Crippen LogP contribution is -2.32. The summed E-state index contributed by atoms with van der Waals surface area (Å²) in [6.07, 6.45) is 1.71. The van der Waals surface area contributed by atoms with E-state index in [0.29, 0.717) is 11.7 Å². The van der Waals surface area contributed by atoms with E-state index in [2.05, 4.69) is 17.0 Å². The van der Waals surface area contributed by atoms with Gasteiger partial charge in [-0.2, -0.15) is 10.1 Å². The Bertz CT molecular complexity index is 1020. The van der Waals surface area contributed by atoms with Crippen LogP contribution in [0.25, 0.3) is 10.2 Å². The highest BCUT2D eigenvalue weighted by molar-refractivity contribution is 7.22. The minimum atomic E-state index is -0.393. The number of hydrogen-bond donors (Lipinski definition) is 0. The van der Waals surface area contributed by atoms with Gasteiger partial charge in [0.2, 0.25) is 5.13 Å². The molecular weight excluding hydrogens is 368 g/mol. The van der Waals surface area contributed by atoms with E-state index in [9.17, 15) is 4.79 Å². The Morgan fingerprint density at radius 3 is 2.64 bits per heavy atom. The van der Waals surface area contributed by atoms with Crippen molar-refractivity contribution in [1.29, 1.82) is 0 Å². The summed E-state index contributed by atoms with van der Waals surface area (Å²) in [6, 6.07) is 18.0. The average Bonchev–Trinajstić information content (AvgIpc) is 3.28. The number of para-hydroxylation sites is 1. The lowest BCUT2D eigenvalue weighted by atomic mass is 9.95. The topological polar surface area (TPSA) is 57.9 Å². The molecule has 1 aromatic heterocycles. The van der Waals surface area contributed by atoms with Gasteiger partial charge in [-0.05, 0) is 31.0 Å². The lowest BCUT2D eigenvalue weighted by molar-refractivity contribution is -0.118. The number of aromatic nitrogens is 1. The quantitative estimate of drug-likeness (QED) is 0.551. The van der Waals surface area contributed by atoms with Crippen molar-refractivity contribution >= 4 is 44.0 Å². The molecule has 6 heteroatoms. The van der Waals surface area contributed by atoms with E-state index in [1.54, 1.807) is 0 Å². The van der Waals surface area contributed by atoms with E-state index in [4.69, 9.17) is 4.99 Å². The van der Waals surface area contributed by atoms with Gasteiger partial charge in [0.05, 0.1) is 22.5 Å². The summed E-state index contributed by atoms with van der Waals surface area (Å²) in [7, 11) is 0. The van der Waals surface area contributed by atoms with Gasteiger partial charge in [0.25, 0.3) is 5.91 Å². The van der Waals surface area contributed by atoms with Crippen LogP contribution in [-0.2, 0) is 11.3 Å². The number of rotatable bonds is 6. The monoisotopic (exact) mass is 390 g/mol. The molecule has 1 aliphatic heterocycles. The molecule has 0 fully saturated rings. The van der Waals surface area contributed by atoms with E-state index in [0.717, 1.165) is 40.0 Å². The highest BCUT2D eigenvalue weighted by atomic mass is 32.1. The highest BCUT2D eigenvalue weighted by Crippen LogP contribution is 2.33. The third kappa shape index (κ3) is 3.60. The molecule has 142 valence electrons. The number of thiazole rings is 1. The highest BCUT2D eigenvalue weighted by Gasteiger charge is 2.39. The maximum atomic E-state index is 13.2. The van der Waals surface area contributed by atoms with Gasteiger partial charge in [-0.25, -0.2) is 4.98 Å². The Morgan fingerprint density at radius 1 is 1.14 bits per heavy atom. The van der Waals surface area contributed by atoms with Crippen LogP contribution in [0.1, 0.15) is 32.3 Å². The predicted octanol–water partition coefficient (Wildman–Crippen LogP) is 5.08. The zero-order chi connectivity index (χ0) is 19.5. The molecule has 2 heterocycles. The number of hydrazone groups is 1. The first-order valence-electron chi connectivity index (χ1n) is 9.49. The van der Waals surface area contributed by atoms with Crippen LogP contribution in [0.15, 0.2) is 64.7 Å². The van der Waals surface area contributed by atoms with Crippen molar-refractivity contribution < 1.29 is 4.79 Å². The number of anilines is 1. The number of nitrogens with zero attached hydrogens (tertiary/aromatic N) is 4. The van der Waals surface area contributed by atoms with Gasteiger partial charge in [0, 0.05) is 5.71 Å². The fourth-order valence-corrected chi connectivity index (χ4v) is 4.27. The molecule has 0 saturated heterocycles. The molecule has 0 radical (unpaired) electrons. The first kappa shape index (κ1) is 18.5. The molecule has 0 bridgehead atoms. The first-order valence-corrected chi connectivity index (χ1v) is 10.3. The largest absolute Gasteiger partial charge is 0.288 e. The SMILES string of the molecule is CCCC1=NN(c2nc3ccccc3s2)C(=O)[C@H]1C(C)=NCc1ccccc1. The summed E-state index contributed by atoms with van der Waals surface area (Å²) in [6.45, 7) is 4.59. The molecule has 0 spiro atoms. The van der Waals surface area contributed by atoms with Crippen molar-refractivity contribution in [2.24, 2.45) is 16.0 Å². The molecule has 1 atom stereocenters. The van der Waals surface area contributed by atoms with Crippen LogP contribution in [-0.4, -0.2) is 22.3 Å². The maximum absolute atomic E-state index is 13.2. The molecule has 28 heavy (non-hydrogen) atoms. The molecule has 3 aromatic rings. The van der Waals surface area contributed by atoms with Crippen molar-refractivity contribution in [3.05, 3.63) is 60.2 Å². The van der Waals surface area contributed by atoms with Gasteiger partial charge in [-0.1, -0.05) is 67.1 Å². The third-order valence-corrected chi connectivity index (χ3v) is 5.77. The number of aliphatic imine (C=N–C) groups is 1. The number of fused-ring (bicyclic) bond motifs is 1. The van der Waals surface area contributed by atoms with E-state index < -0.39 is 5.92 Å². The smallest absolute Gasteiger partial charge is 0.264 e. The Hall–Kier alpha value is -2.86. The molecular formula is C22H22N4OS. The molecule has 0 unspecified atom stereocenters. The van der Waals surface area contributed by atoms with Crippen molar-refractivity contribution in [2.75, 3.05) is 5.01 Å². The lowest BCUT2D eigenvalue weighted by Gasteiger charge is -2.12. The number of benzene rings is 2. The molecule has 2 aromatic carbocycles. The van der Waals surface area contributed by atoms with Crippen LogP contribution in [0.2, 0.25) is 0 Å². The molecule has 0 aliphatic carbocycles. The Balaban J connectivity index is 1.62. The summed E-state index contributed by atoms with van der Waals surface area (Å²) in [4.78, 5) is 22.5. The molecule has 0 N–H and O–H groups in total. The zero-order valence-corrected chi connectivity index (χ0v) is 16.8. The van der Waals surface area contributed by atoms with Gasteiger partial charge < -0.3 is 0 Å². The predicted molar refractivity (Wildman–Crippen MR) is 116 cm³/mol. The first-order chi connectivity index (χ1) is 13.7. The summed E-state index contributed by atoms with van der Waals surface area (Å²) >= 11 is 1.49. The molecule has 5 nitrogen and oxygen atoms in total. The van der Waals surface area contributed by atoms with Crippen molar-refractivity contribution in [2.45, 2.75) is 33.2 Å². The van der Waals surface area contributed by atoms with Crippen LogP contribution in [0.3, 0.4) is 0 Å². The van der Waals surface area contributed by atoms with E-state index in [1.807, 2.05) is 61.5 Å². The van der Waals surface area contributed by atoms with E-state index in [-0.39, 0.29) is 5.91 Å². The third-order valence-electron chi connectivity index (χ3n) is 4.76. The number of hydrogen-bond acceptors (Lipinski definition) is 5. The van der Waals surface area contributed by atoms with Gasteiger partial charge >= 0.3 is 0 Å². The van der Waals surface area contributed by atoms with Gasteiger partial charge in [0.1, 0.15) is 5.92 Å². The minimum Gasteiger partial charge on any atom is -0.288 e. The minimum absolute atomic E-state index is 0.0585. The van der Waals surface area contributed by atoms with Crippen molar-refractivity contribution in [3.63, 3.8) is 0 Å². The fraction of sp³-hybridized carbons (Fsp3) is 0.273. The zero-order valence-electron chi connectivity index (χ0n) is 16.0. The van der Waals surface area contributed by atoms with Gasteiger partial charge in [-0.3, -0.25) is 9.79 Å². The van der Waals surface area contributed by atoms with Crippen LogP contribution in [0, 0.1) is 5.92 Å². The number of carbonyl (C=O) groups is 1. The average molecular weight is 391 g/mol. The summed E-state index contributed by atoms with van der Waals surface area (Å²) in [5.41, 5.74) is 3.70. The van der Waals surface area contributed by atoms with Crippen LogP contribution < -0.4 is 5.01 Å². The van der Waals surface area contributed by atoms with Crippen LogP contribution in [0.5, 0.6) is 0 Å². The van der Waals surface area contributed by atoms with Crippen LogP contribution in [0.4, 0.5) is 5.13 Å². The summed E-state index contributed by atoms with van der Waals surface area (Å²) in [5.74, 6) is -0.451. The number of amides is 1. The Morgan fingerprint density at radius 2 is 1.89 bits per heavy atom. The second-order valence-corrected chi connectivity index (χ2v) is 7.84. The molecule has 1 aliphatic rings. The van der Waals surface area contributed by atoms with Crippen LogP contribution >= 0.6 is 11.3 Å². The molecule has 0 saturated carbocycles.